The fraction of sp³-hybridized carbons (Fsp3) is 0.143. The van der Waals surface area contributed by atoms with Crippen LogP contribution in [0.4, 0.5) is 0 Å². The van der Waals surface area contributed by atoms with E-state index in [4.69, 9.17) is 0 Å². The molecule has 0 aliphatic heterocycles. The highest BCUT2D eigenvalue weighted by Crippen LogP contribution is 2.64. The van der Waals surface area contributed by atoms with Crippen LogP contribution in [-0.2, 0) is 0 Å². The standard InChI is InChI=1S/C56H38/c1-5-14-43-53-49-39-19-10-12-21-41(39)50(42-22-13-11-20-40(42)49)55(53)44(24-23-34-26-32(3)31(2)25-33(34)4)56-52-47-29-37-17-8-6-15-35(37)27-45(47)51(54(43)56)46-28-36-16-7-9-18-38(36)30-48(46)52/h6-13,15-22,25-30,49-52H,1-4H3. The van der Waals surface area contributed by atoms with Gasteiger partial charge in [-0.25, -0.2) is 0 Å². The normalized spacial score (nSPS) is 18.4. The van der Waals surface area contributed by atoms with E-state index in [1.807, 2.05) is 6.92 Å². The Morgan fingerprint density at radius 2 is 0.679 bits per heavy atom. The molecule has 0 atom stereocenters. The van der Waals surface area contributed by atoms with Gasteiger partial charge in [-0.05, 0) is 163 Å². The molecule has 0 heterocycles. The molecule has 0 unspecified atom stereocenters. The van der Waals surface area contributed by atoms with Crippen LogP contribution in [0.2, 0.25) is 0 Å². The second kappa shape index (κ2) is 11.5. The molecule has 0 aromatic heterocycles. The van der Waals surface area contributed by atoms with Gasteiger partial charge in [0.05, 0.1) is 0 Å². The van der Waals surface area contributed by atoms with Crippen LogP contribution >= 0.6 is 0 Å². The average Bonchev–Trinajstić information content (AvgIpc) is 3.23. The van der Waals surface area contributed by atoms with E-state index in [-0.39, 0.29) is 23.7 Å². The van der Waals surface area contributed by atoms with Crippen molar-refractivity contribution in [3.63, 3.8) is 0 Å². The summed E-state index contributed by atoms with van der Waals surface area (Å²) in [7, 11) is 0. The molecule has 0 amide bonds. The van der Waals surface area contributed by atoms with Gasteiger partial charge in [-0.2, -0.15) is 0 Å². The molecule has 0 spiro atoms. The van der Waals surface area contributed by atoms with Crippen molar-refractivity contribution in [2.45, 2.75) is 51.4 Å². The fourth-order valence-electron chi connectivity index (χ4n) is 11.2. The quantitative estimate of drug-likeness (QED) is 0.137. The van der Waals surface area contributed by atoms with Crippen LogP contribution in [0, 0.1) is 44.5 Å². The van der Waals surface area contributed by atoms with Gasteiger partial charge >= 0.3 is 0 Å². The minimum atomic E-state index is 0.0213. The average molecular weight is 711 g/mol. The molecule has 14 rings (SSSR count). The molecule has 0 saturated heterocycles. The largest absolute Gasteiger partial charge is 0.101 e. The smallest absolute Gasteiger partial charge is 0.0362 e. The third-order valence-electron chi connectivity index (χ3n) is 13.6. The Morgan fingerprint density at radius 1 is 0.339 bits per heavy atom. The third-order valence-corrected chi connectivity index (χ3v) is 13.6. The Bertz CT molecular complexity index is 3080. The van der Waals surface area contributed by atoms with Crippen LogP contribution in [-0.4, -0.2) is 0 Å². The summed E-state index contributed by atoms with van der Waals surface area (Å²) in [5, 5.41) is 5.15. The molecule has 8 aromatic rings. The van der Waals surface area contributed by atoms with E-state index in [0.717, 1.165) is 5.56 Å². The lowest BCUT2D eigenvalue weighted by Crippen LogP contribution is -2.35. The van der Waals surface area contributed by atoms with E-state index in [9.17, 15) is 0 Å². The highest BCUT2D eigenvalue weighted by atomic mass is 14.5. The van der Waals surface area contributed by atoms with Crippen LogP contribution in [0.1, 0.15) is 131 Å². The van der Waals surface area contributed by atoms with E-state index in [1.165, 1.54) is 116 Å². The van der Waals surface area contributed by atoms with Gasteiger partial charge in [0.15, 0.2) is 0 Å². The van der Waals surface area contributed by atoms with E-state index in [1.54, 1.807) is 0 Å². The zero-order valence-corrected chi connectivity index (χ0v) is 32.0. The first kappa shape index (κ1) is 31.7. The predicted octanol–water partition coefficient (Wildman–Crippen LogP) is 12.7. The van der Waals surface area contributed by atoms with Gasteiger partial charge in [0.25, 0.3) is 0 Å². The second-order valence-corrected chi connectivity index (χ2v) is 16.4. The molecule has 56 heavy (non-hydrogen) atoms. The Kier molecular flexibility index (Phi) is 6.49. The number of hydrogen-bond donors (Lipinski definition) is 0. The summed E-state index contributed by atoms with van der Waals surface area (Å²) in [5.74, 6) is 15.4. The van der Waals surface area contributed by atoms with Gasteiger partial charge < -0.3 is 0 Å². The monoisotopic (exact) mass is 710 g/mol. The molecule has 6 aliphatic carbocycles. The topological polar surface area (TPSA) is 0 Å². The Hall–Kier alpha value is -6.60. The third kappa shape index (κ3) is 4.12. The number of rotatable bonds is 0. The zero-order chi connectivity index (χ0) is 37.4. The lowest BCUT2D eigenvalue weighted by Gasteiger charge is -2.49. The summed E-state index contributed by atoms with van der Waals surface area (Å²) in [5.41, 5.74) is 24.1. The molecule has 262 valence electrons. The van der Waals surface area contributed by atoms with Crippen LogP contribution < -0.4 is 0 Å². The molecule has 4 bridgehead atoms. The number of hydrogen-bond acceptors (Lipinski definition) is 0. The van der Waals surface area contributed by atoms with Gasteiger partial charge in [0.1, 0.15) is 0 Å². The summed E-state index contributed by atoms with van der Waals surface area (Å²) < 4.78 is 0. The van der Waals surface area contributed by atoms with Crippen molar-refractivity contribution >= 4 is 21.5 Å². The zero-order valence-electron chi connectivity index (χ0n) is 32.0. The molecule has 0 nitrogen and oxygen atoms in total. The van der Waals surface area contributed by atoms with Crippen molar-refractivity contribution in [1.29, 1.82) is 0 Å². The summed E-state index contributed by atoms with van der Waals surface area (Å²) in [6.07, 6.45) is 0. The molecule has 6 aliphatic rings. The van der Waals surface area contributed by atoms with Gasteiger partial charge in [-0.1, -0.05) is 121 Å². The van der Waals surface area contributed by atoms with Crippen LogP contribution in [0.5, 0.6) is 0 Å². The maximum absolute atomic E-state index is 4.04. The van der Waals surface area contributed by atoms with E-state index in [0.29, 0.717) is 0 Å². The highest BCUT2D eigenvalue weighted by molar-refractivity contribution is 5.92. The highest BCUT2D eigenvalue weighted by Gasteiger charge is 2.50. The first-order valence-corrected chi connectivity index (χ1v) is 20.0. The van der Waals surface area contributed by atoms with Crippen molar-refractivity contribution in [2.75, 3.05) is 0 Å². The van der Waals surface area contributed by atoms with Gasteiger partial charge in [-0.15, -0.1) is 5.92 Å². The number of aryl methyl sites for hydroxylation is 3. The van der Waals surface area contributed by atoms with Gasteiger partial charge in [0, 0.05) is 40.4 Å². The van der Waals surface area contributed by atoms with E-state index < -0.39 is 0 Å². The number of fused-ring (bicyclic) bond motifs is 2. The van der Waals surface area contributed by atoms with Crippen LogP contribution in [0.25, 0.3) is 21.5 Å². The molecular formula is C56H38. The molecule has 8 aromatic carbocycles. The lowest BCUT2D eigenvalue weighted by molar-refractivity contribution is 0.711. The first-order chi connectivity index (χ1) is 27.5. The van der Waals surface area contributed by atoms with Crippen molar-refractivity contribution in [2.24, 2.45) is 0 Å². The predicted molar refractivity (Wildman–Crippen MR) is 230 cm³/mol. The Balaban J connectivity index is 1.28. The summed E-state index contributed by atoms with van der Waals surface area (Å²) in [6.45, 7) is 8.63. The van der Waals surface area contributed by atoms with Gasteiger partial charge in [-0.3, -0.25) is 0 Å². The summed E-state index contributed by atoms with van der Waals surface area (Å²) >= 11 is 0. The molecule has 0 heteroatoms. The first-order valence-electron chi connectivity index (χ1n) is 20.0. The molecule has 0 fully saturated rings. The van der Waals surface area contributed by atoms with Crippen molar-refractivity contribution in [1.82, 2.24) is 0 Å². The number of benzene rings is 8. The van der Waals surface area contributed by atoms with E-state index >= 15 is 0 Å². The molecule has 0 saturated carbocycles. The van der Waals surface area contributed by atoms with Crippen molar-refractivity contribution < 1.29 is 0 Å². The maximum atomic E-state index is 4.04. The van der Waals surface area contributed by atoms with Gasteiger partial charge in [0.2, 0.25) is 0 Å². The lowest BCUT2D eigenvalue weighted by atomic mass is 9.53. The van der Waals surface area contributed by atoms with Crippen molar-refractivity contribution in [3.05, 3.63) is 234 Å². The van der Waals surface area contributed by atoms with Crippen LogP contribution in [0.3, 0.4) is 0 Å². The van der Waals surface area contributed by atoms with Crippen LogP contribution in [0.15, 0.2) is 133 Å². The minimum absolute atomic E-state index is 0.0213. The summed E-state index contributed by atoms with van der Waals surface area (Å²) in [4.78, 5) is 0. The Morgan fingerprint density at radius 3 is 1.07 bits per heavy atom. The summed E-state index contributed by atoms with van der Waals surface area (Å²) in [6, 6.07) is 50.7. The minimum Gasteiger partial charge on any atom is -0.101 e. The SMILES string of the molecule is CC#Cc1c2c(c(C#Cc3cc(C)c(C)cc3C)c3c1C1c4cc5ccccc5cc4C3c3cc4ccccc4cc31)C1c3ccccc3C2c2ccccc21. The van der Waals surface area contributed by atoms with E-state index in [2.05, 4.69) is 178 Å². The molecule has 0 radical (unpaired) electrons. The molecule has 0 N–H and O–H groups in total. The maximum Gasteiger partial charge on any atom is 0.0362 e. The Labute approximate surface area is 328 Å². The van der Waals surface area contributed by atoms with Crippen molar-refractivity contribution in [3.8, 4) is 23.7 Å². The second-order valence-electron chi connectivity index (χ2n) is 16.4. The molecular weight excluding hydrogens is 673 g/mol. The fourth-order valence-corrected chi connectivity index (χ4v) is 11.2.